The van der Waals surface area contributed by atoms with Gasteiger partial charge in [-0.05, 0) is 26.3 Å². The fourth-order valence-corrected chi connectivity index (χ4v) is 2.15. The Morgan fingerprint density at radius 2 is 2.05 bits per heavy atom. The summed E-state index contributed by atoms with van der Waals surface area (Å²) in [5.41, 5.74) is 0.526. The third-order valence-electron chi connectivity index (χ3n) is 2.87. The van der Waals surface area contributed by atoms with Crippen molar-refractivity contribution in [3.8, 4) is 0 Å². The molecule has 1 heterocycles. The predicted molar refractivity (Wildman–Crippen MR) is 85.9 cm³/mol. The number of aromatic nitrogens is 2. The minimum Gasteiger partial charge on any atom is -0.444 e. The first kappa shape index (κ1) is 16.4. The van der Waals surface area contributed by atoms with Gasteiger partial charge in [0, 0.05) is 6.42 Å². The summed E-state index contributed by atoms with van der Waals surface area (Å²) in [7, 11) is 0. The molecular formula is C16H20ClN3O2. The standard InChI is InChI=1S/C16H20ClN3O2/c1-16(2,3)22-15(21)19-12(14-18-10-13(17)20-14)9-11-7-5-4-6-8-11/h4-8,10,12H,9H2,1-3H3,(H,18,20)(H,19,21). The first-order valence-corrected chi connectivity index (χ1v) is 7.45. The molecule has 2 N–H and O–H groups in total. The molecule has 6 heteroatoms. The number of nitrogens with one attached hydrogen (secondary N) is 2. The number of H-pyrrole nitrogens is 1. The van der Waals surface area contributed by atoms with E-state index < -0.39 is 11.7 Å². The molecule has 0 saturated heterocycles. The first-order valence-electron chi connectivity index (χ1n) is 7.07. The summed E-state index contributed by atoms with van der Waals surface area (Å²) in [6.45, 7) is 5.47. The molecular weight excluding hydrogens is 302 g/mol. The molecule has 22 heavy (non-hydrogen) atoms. The van der Waals surface area contributed by atoms with Crippen LogP contribution in [0.1, 0.15) is 38.2 Å². The van der Waals surface area contributed by atoms with Crippen LogP contribution in [-0.4, -0.2) is 21.7 Å². The predicted octanol–water partition coefficient (Wildman–Crippen LogP) is 3.87. The van der Waals surface area contributed by atoms with Gasteiger partial charge in [-0.25, -0.2) is 9.78 Å². The third kappa shape index (κ3) is 5.07. The maximum Gasteiger partial charge on any atom is 0.408 e. The van der Waals surface area contributed by atoms with Gasteiger partial charge in [-0.3, -0.25) is 0 Å². The quantitative estimate of drug-likeness (QED) is 0.898. The van der Waals surface area contributed by atoms with Gasteiger partial charge in [0.25, 0.3) is 0 Å². The van der Waals surface area contributed by atoms with E-state index in [1.165, 1.54) is 6.20 Å². The number of halogens is 1. The largest absolute Gasteiger partial charge is 0.444 e. The molecule has 1 aromatic heterocycles. The van der Waals surface area contributed by atoms with Gasteiger partial charge in [0.1, 0.15) is 16.6 Å². The Balaban J connectivity index is 2.13. The van der Waals surface area contributed by atoms with Crippen LogP contribution in [0.2, 0.25) is 5.15 Å². The van der Waals surface area contributed by atoms with Crippen LogP contribution in [0.5, 0.6) is 0 Å². The highest BCUT2D eigenvalue weighted by Gasteiger charge is 2.22. The third-order valence-corrected chi connectivity index (χ3v) is 3.06. The average molecular weight is 322 g/mol. The van der Waals surface area contributed by atoms with Crippen molar-refractivity contribution in [3.63, 3.8) is 0 Å². The molecule has 2 rings (SSSR count). The molecule has 1 amide bonds. The molecule has 5 nitrogen and oxygen atoms in total. The van der Waals surface area contributed by atoms with Gasteiger partial charge in [0.05, 0.1) is 12.2 Å². The van der Waals surface area contributed by atoms with E-state index in [0.717, 1.165) is 5.56 Å². The van der Waals surface area contributed by atoms with Gasteiger partial charge in [-0.2, -0.15) is 0 Å². The molecule has 0 bridgehead atoms. The lowest BCUT2D eigenvalue weighted by Crippen LogP contribution is -2.36. The van der Waals surface area contributed by atoms with E-state index in [0.29, 0.717) is 17.4 Å². The molecule has 0 aliphatic rings. The highest BCUT2D eigenvalue weighted by Crippen LogP contribution is 2.18. The maximum absolute atomic E-state index is 12.0. The number of hydrogen-bond acceptors (Lipinski definition) is 3. The number of amides is 1. The summed E-state index contributed by atoms with van der Waals surface area (Å²) in [6, 6.07) is 9.50. The number of carbonyl (C=O) groups excluding carboxylic acids is 1. The Morgan fingerprint density at radius 1 is 1.36 bits per heavy atom. The van der Waals surface area contributed by atoms with Crippen molar-refractivity contribution in [2.75, 3.05) is 0 Å². The smallest absolute Gasteiger partial charge is 0.408 e. The van der Waals surface area contributed by atoms with Crippen molar-refractivity contribution in [1.29, 1.82) is 0 Å². The second-order valence-electron chi connectivity index (χ2n) is 6.00. The van der Waals surface area contributed by atoms with Crippen LogP contribution < -0.4 is 5.32 Å². The summed E-state index contributed by atoms with van der Waals surface area (Å²) in [4.78, 5) is 19.2. The van der Waals surface area contributed by atoms with Crippen LogP contribution in [0.15, 0.2) is 36.5 Å². The van der Waals surface area contributed by atoms with Crippen LogP contribution in [0.25, 0.3) is 0 Å². The van der Waals surface area contributed by atoms with E-state index in [9.17, 15) is 4.79 Å². The minimum atomic E-state index is -0.553. The molecule has 0 spiro atoms. The van der Waals surface area contributed by atoms with Crippen molar-refractivity contribution in [1.82, 2.24) is 15.3 Å². The van der Waals surface area contributed by atoms with E-state index in [2.05, 4.69) is 15.3 Å². The Kier molecular flexibility index (Phi) is 5.08. The van der Waals surface area contributed by atoms with E-state index in [4.69, 9.17) is 16.3 Å². The lowest BCUT2D eigenvalue weighted by atomic mass is 10.1. The van der Waals surface area contributed by atoms with E-state index in [1.54, 1.807) is 0 Å². The molecule has 1 aromatic carbocycles. The van der Waals surface area contributed by atoms with Crippen molar-refractivity contribution in [3.05, 3.63) is 53.1 Å². The topological polar surface area (TPSA) is 67.0 Å². The fourth-order valence-electron chi connectivity index (χ4n) is 2.01. The number of alkyl carbamates (subject to hydrolysis) is 1. The molecule has 0 aliphatic carbocycles. The zero-order chi connectivity index (χ0) is 16.2. The number of carbonyl (C=O) groups is 1. The van der Waals surface area contributed by atoms with Gasteiger partial charge >= 0.3 is 6.09 Å². The monoisotopic (exact) mass is 321 g/mol. The molecule has 2 aromatic rings. The molecule has 0 aliphatic heterocycles. The van der Waals surface area contributed by atoms with E-state index >= 15 is 0 Å². The van der Waals surface area contributed by atoms with Gasteiger partial charge in [-0.1, -0.05) is 41.9 Å². The summed E-state index contributed by atoms with van der Waals surface area (Å²) in [6.07, 6.45) is 1.62. The number of hydrogen-bond donors (Lipinski definition) is 2. The SMILES string of the molecule is CC(C)(C)OC(=O)NC(Cc1ccccc1)c1ncc(Cl)[nH]1. The number of rotatable bonds is 4. The highest BCUT2D eigenvalue weighted by molar-refractivity contribution is 6.29. The molecule has 1 atom stereocenters. The van der Waals surface area contributed by atoms with Gasteiger partial charge in [-0.15, -0.1) is 0 Å². The van der Waals surface area contributed by atoms with Crippen molar-refractivity contribution in [2.45, 2.75) is 38.8 Å². The number of ether oxygens (including phenoxy) is 1. The molecule has 0 radical (unpaired) electrons. The van der Waals surface area contributed by atoms with E-state index in [1.807, 2.05) is 51.1 Å². The van der Waals surface area contributed by atoms with Crippen LogP contribution >= 0.6 is 11.6 Å². The highest BCUT2D eigenvalue weighted by atomic mass is 35.5. The van der Waals surface area contributed by atoms with Crippen molar-refractivity contribution in [2.24, 2.45) is 0 Å². The lowest BCUT2D eigenvalue weighted by molar-refractivity contribution is 0.0501. The Morgan fingerprint density at radius 3 is 2.59 bits per heavy atom. The van der Waals surface area contributed by atoms with Crippen LogP contribution in [0.3, 0.4) is 0 Å². The number of nitrogens with zero attached hydrogens (tertiary/aromatic N) is 1. The number of benzene rings is 1. The summed E-state index contributed by atoms with van der Waals surface area (Å²) in [5.74, 6) is 0.597. The first-order chi connectivity index (χ1) is 10.3. The van der Waals surface area contributed by atoms with Crippen LogP contribution in [-0.2, 0) is 11.2 Å². The second-order valence-corrected chi connectivity index (χ2v) is 6.41. The second kappa shape index (κ2) is 6.83. The normalized spacial score (nSPS) is 12.7. The van der Waals surface area contributed by atoms with Gasteiger partial charge in [0.15, 0.2) is 0 Å². The summed E-state index contributed by atoms with van der Waals surface area (Å²) in [5, 5.41) is 3.27. The maximum atomic E-state index is 12.0. The lowest BCUT2D eigenvalue weighted by Gasteiger charge is -2.23. The minimum absolute atomic E-state index is 0.343. The fraction of sp³-hybridized carbons (Fsp3) is 0.375. The average Bonchev–Trinajstić information content (AvgIpc) is 2.84. The molecule has 1 unspecified atom stereocenters. The Labute approximate surface area is 135 Å². The van der Waals surface area contributed by atoms with E-state index in [-0.39, 0.29) is 6.04 Å². The van der Waals surface area contributed by atoms with Gasteiger partial charge < -0.3 is 15.0 Å². The van der Waals surface area contributed by atoms with Crippen LogP contribution in [0, 0.1) is 0 Å². The Hall–Kier alpha value is -2.01. The number of aromatic amines is 1. The number of imidazole rings is 1. The Bertz CT molecular complexity index is 620. The molecule has 0 saturated carbocycles. The zero-order valence-corrected chi connectivity index (χ0v) is 13.6. The molecule has 118 valence electrons. The molecule has 0 fully saturated rings. The summed E-state index contributed by atoms with van der Waals surface area (Å²) >= 11 is 5.89. The summed E-state index contributed by atoms with van der Waals surface area (Å²) < 4.78 is 5.31. The van der Waals surface area contributed by atoms with Crippen molar-refractivity contribution < 1.29 is 9.53 Å². The van der Waals surface area contributed by atoms with Crippen molar-refractivity contribution >= 4 is 17.7 Å². The van der Waals surface area contributed by atoms with Crippen LogP contribution in [0.4, 0.5) is 4.79 Å². The zero-order valence-electron chi connectivity index (χ0n) is 12.9. The van der Waals surface area contributed by atoms with Gasteiger partial charge in [0.2, 0.25) is 0 Å².